The number of hydrogen-bond acceptors (Lipinski definition) is 6. The summed E-state index contributed by atoms with van der Waals surface area (Å²) in [5, 5.41) is 6.38. The molecule has 1 atom stereocenters. The summed E-state index contributed by atoms with van der Waals surface area (Å²) in [6, 6.07) is 15.7. The van der Waals surface area contributed by atoms with Crippen molar-refractivity contribution in [3.8, 4) is 5.75 Å². The lowest BCUT2D eigenvalue weighted by Gasteiger charge is -2.31. The van der Waals surface area contributed by atoms with E-state index in [0.29, 0.717) is 26.2 Å². The minimum absolute atomic E-state index is 0.00138. The summed E-state index contributed by atoms with van der Waals surface area (Å²) >= 11 is 0. The SMILES string of the molecule is COc1cccc(C2=NN(C(=O)CN(CCN3CCOCC3)C(=O)C(C)C)C(c3ccc(C)cc3)C2)c1. The van der Waals surface area contributed by atoms with Crippen LogP contribution in [-0.2, 0) is 14.3 Å². The van der Waals surface area contributed by atoms with Crippen LogP contribution in [0.4, 0.5) is 0 Å². The first-order chi connectivity index (χ1) is 17.9. The van der Waals surface area contributed by atoms with Crippen LogP contribution in [0.1, 0.15) is 43.0 Å². The van der Waals surface area contributed by atoms with Crippen molar-refractivity contribution in [2.24, 2.45) is 11.0 Å². The number of benzene rings is 2. The number of carbonyl (C=O) groups excluding carboxylic acids is 2. The van der Waals surface area contributed by atoms with Crippen molar-refractivity contribution in [1.82, 2.24) is 14.8 Å². The maximum Gasteiger partial charge on any atom is 0.262 e. The number of nitrogens with zero attached hydrogens (tertiary/aromatic N) is 4. The Balaban J connectivity index is 1.57. The van der Waals surface area contributed by atoms with Gasteiger partial charge in [-0.25, -0.2) is 5.01 Å². The molecular weight excluding hydrogens is 468 g/mol. The summed E-state index contributed by atoms with van der Waals surface area (Å²) in [6.45, 7) is 10.1. The summed E-state index contributed by atoms with van der Waals surface area (Å²) in [4.78, 5) is 30.8. The molecule has 0 aromatic heterocycles. The molecule has 0 saturated carbocycles. The third-order valence-electron chi connectivity index (χ3n) is 6.95. The van der Waals surface area contributed by atoms with Crippen LogP contribution in [-0.4, -0.2) is 85.4 Å². The Morgan fingerprint density at radius 1 is 1.14 bits per heavy atom. The highest BCUT2D eigenvalue weighted by molar-refractivity contribution is 6.03. The second kappa shape index (κ2) is 12.3. The van der Waals surface area contributed by atoms with Gasteiger partial charge in [-0.2, -0.15) is 5.10 Å². The van der Waals surface area contributed by atoms with E-state index in [1.807, 2.05) is 45.0 Å². The molecule has 4 rings (SSSR count). The van der Waals surface area contributed by atoms with Gasteiger partial charge in [-0.15, -0.1) is 0 Å². The van der Waals surface area contributed by atoms with Crippen LogP contribution in [0.25, 0.3) is 0 Å². The van der Waals surface area contributed by atoms with Crippen LogP contribution in [0.15, 0.2) is 53.6 Å². The van der Waals surface area contributed by atoms with Gasteiger partial charge in [-0.05, 0) is 24.6 Å². The first-order valence-electron chi connectivity index (χ1n) is 13.0. The minimum Gasteiger partial charge on any atom is -0.497 e. The molecule has 198 valence electrons. The van der Waals surface area contributed by atoms with Gasteiger partial charge in [0.2, 0.25) is 5.91 Å². The number of hydrogen-bond donors (Lipinski definition) is 0. The molecule has 8 heteroatoms. The fourth-order valence-corrected chi connectivity index (χ4v) is 4.72. The molecule has 8 nitrogen and oxygen atoms in total. The van der Waals surface area contributed by atoms with Gasteiger partial charge >= 0.3 is 0 Å². The van der Waals surface area contributed by atoms with Crippen LogP contribution in [0.2, 0.25) is 0 Å². The van der Waals surface area contributed by atoms with E-state index in [1.54, 1.807) is 17.0 Å². The summed E-state index contributed by atoms with van der Waals surface area (Å²) in [6.07, 6.45) is 0.591. The van der Waals surface area contributed by atoms with E-state index in [9.17, 15) is 9.59 Å². The van der Waals surface area contributed by atoms with E-state index in [4.69, 9.17) is 14.6 Å². The van der Waals surface area contributed by atoms with E-state index >= 15 is 0 Å². The fraction of sp³-hybridized carbons (Fsp3) is 0.483. The molecule has 37 heavy (non-hydrogen) atoms. The number of rotatable bonds is 9. The van der Waals surface area contributed by atoms with Crippen molar-refractivity contribution < 1.29 is 19.1 Å². The van der Waals surface area contributed by atoms with Gasteiger partial charge in [0, 0.05) is 44.1 Å². The lowest BCUT2D eigenvalue weighted by molar-refractivity contribution is -0.143. The van der Waals surface area contributed by atoms with Crippen LogP contribution in [0.5, 0.6) is 5.75 Å². The largest absolute Gasteiger partial charge is 0.497 e. The smallest absolute Gasteiger partial charge is 0.262 e. The van der Waals surface area contributed by atoms with Gasteiger partial charge in [0.15, 0.2) is 0 Å². The fourth-order valence-electron chi connectivity index (χ4n) is 4.72. The molecule has 0 radical (unpaired) electrons. The van der Waals surface area contributed by atoms with Gasteiger partial charge < -0.3 is 14.4 Å². The van der Waals surface area contributed by atoms with Crippen molar-refractivity contribution >= 4 is 17.5 Å². The summed E-state index contributed by atoms with van der Waals surface area (Å²) < 4.78 is 10.8. The number of aryl methyl sites for hydroxylation is 1. The predicted octanol–water partition coefficient (Wildman–Crippen LogP) is 3.50. The van der Waals surface area contributed by atoms with Crippen molar-refractivity contribution in [3.63, 3.8) is 0 Å². The number of hydrazone groups is 1. The Morgan fingerprint density at radius 3 is 2.54 bits per heavy atom. The maximum absolute atomic E-state index is 13.8. The Kier molecular flexibility index (Phi) is 8.95. The molecule has 0 bridgehead atoms. The zero-order valence-corrected chi connectivity index (χ0v) is 22.4. The summed E-state index contributed by atoms with van der Waals surface area (Å²) in [5.74, 6) is 0.345. The summed E-state index contributed by atoms with van der Waals surface area (Å²) in [7, 11) is 1.64. The quantitative estimate of drug-likeness (QED) is 0.521. The topological polar surface area (TPSA) is 74.7 Å². The van der Waals surface area contributed by atoms with Gasteiger partial charge in [-0.1, -0.05) is 55.8 Å². The minimum atomic E-state index is -0.232. The molecule has 0 N–H and O–H groups in total. The zero-order chi connectivity index (χ0) is 26.4. The first-order valence-corrected chi connectivity index (χ1v) is 13.0. The van der Waals surface area contributed by atoms with Crippen LogP contribution in [0.3, 0.4) is 0 Å². The third-order valence-corrected chi connectivity index (χ3v) is 6.95. The highest BCUT2D eigenvalue weighted by Gasteiger charge is 2.35. The van der Waals surface area contributed by atoms with Crippen molar-refractivity contribution in [2.75, 3.05) is 53.0 Å². The number of morpholine rings is 1. The normalized spacial score (nSPS) is 18.1. The molecule has 1 unspecified atom stereocenters. The van der Waals surface area contributed by atoms with E-state index in [1.165, 1.54) is 0 Å². The van der Waals surface area contributed by atoms with Crippen LogP contribution in [0, 0.1) is 12.8 Å². The highest BCUT2D eigenvalue weighted by atomic mass is 16.5. The third kappa shape index (κ3) is 6.76. The number of carbonyl (C=O) groups is 2. The van der Waals surface area contributed by atoms with Gasteiger partial charge in [0.25, 0.3) is 5.91 Å². The monoisotopic (exact) mass is 506 g/mol. The Labute approximate surface area is 219 Å². The first kappa shape index (κ1) is 26.8. The van der Waals surface area contributed by atoms with Crippen molar-refractivity contribution in [3.05, 3.63) is 65.2 Å². The molecule has 2 aromatic rings. The lowest BCUT2D eigenvalue weighted by atomic mass is 9.97. The second-order valence-corrected chi connectivity index (χ2v) is 10.0. The predicted molar refractivity (Wildman–Crippen MR) is 144 cm³/mol. The average Bonchev–Trinajstić information content (AvgIpc) is 3.37. The highest BCUT2D eigenvalue weighted by Crippen LogP contribution is 2.33. The standard InChI is InChI=1S/C29H38N4O4/c1-21(2)29(35)32(13-12-31-14-16-37-17-15-31)20-28(34)33-27(23-10-8-22(3)9-11-23)19-26(30-33)24-6-5-7-25(18-24)36-4/h5-11,18,21,27H,12-17,19-20H2,1-4H3. The zero-order valence-electron chi connectivity index (χ0n) is 22.4. The molecule has 2 aromatic carbocycles. The van der Waals surface area contributed by atoms with E-state index < -0.39 is 0 Å². The Morgan fingerprint density at radius 2 is 1.86 bits per heavy atom. The molecule has 2 aliphatic heterocycles. The number of ether oxygens (including phenoxy) is 2. The molecule has 2 aliphatic rings. The Hall–Kier alpha value is -3.23. The number of amides is 2. The van der Waals surface area contributed by atoms with E-state index in [2.05, 4.69) is 29.2 Å². The Bertz CT molecular complexity index is 1110. The molecule has 1 fully saturated rings. The molecule has 2 heterocycles. The van der Waals surface area contributed by atoms with Gasteiger partial charge in [0.1, 0.15) is 12.3 Å². The average molecular weight is 507 g/mol. The van der Waals surface area contributed by atoms with E-state index in [-0.39, 0.29) is 30.3 Å². The summed E-state index contributed by atoms with van der Waals surface area (Å²) in [5.41, 5.74) is 3.93. The van der Waals surface area contributed by atoms with Gasteiger partial charge in [0.05, 0.1) is 32.1 Å². The molecule has 2 amide bonds. The van der Waals surface area contributed by atoms with Crippen molar-refractivity contribution in [2.45, 2.75) is 33.2 Å². The molecule has 0 spiro atoms. The van der Waals surface area contributed by atoms with E-state index in [0.717, 1.165) is 47.8 Å². The van der Waals surface area contributed by atoms with Crippen LogP contribution >= 0.6 is 0 Å². The van der Waals surface area contributed by atoms with Gasteiger partial charge in [-0.3, -0.25) is 14.5 Å². The maximum atomic E-state index is 13.8. The molecular formula is C29H38N4O4. The molecule has 0 aliphatic carbocycles. The second-order valence-electron chi connectivity index (χ2n) is 10.0. The van der Waals surface area contributed by atoms with Crippen LogP contribution < -0.4 is 4.74 Å². The van der Waals surface area contributed by atoms with Crippen molar-refractivity contribution in [1.29, 1.82) is 0 Å². The molecule has 1 saturated heterocycles. The lowest BCUT2D eigenvalue weighted by Crippen LogP contribution is -2.47. The number of methoxy groups -OCH3 is 1.